The number of aliphatic hydroxyl groups excluding tert-OH is 8. The van der Waals surface area contributed by atoms with Crippen molar-refractivity contribution in [3.05, 3.63) is 36.5 Å². The Hall–Kier alpha value is -1.79. The lowest BCUT2D eigenvalue weighted by atomic mass is 9.97. The summed E-state index contributed by atoms with van der Waals surface area (Å²) < 4.78 is 22.4. The zero-order valence-corrected chi connectivity index (χ0v) is 33.9. The number of amides is 1. The van der Waals surface area contributed by atoms with E-state index in [9.17, 15) is 45.6 Å². The summed E-state index contributed by atoms with van der Waals surface area (Å²) in [5.74, 6) is -0.281. The maximum atomic E-state index is 12.7. The molecule has 9 N–H and O–H groups in total. The third-order valence-corrected chi connectivity index (χ3v) is 10.3. The van der Waals surface area contributed by atoms with Crippen molar-refractivity contribution in [3.8, 4) is 0 Å². The van der Waals surface area contributed by atoms with Crippen molar-refractivity contribution in [3.63, 3.8) is 0 Å². The maximum Gasteiger partial charge on any atom is 0.220 e. The van der Waals surface area contributed by atoms with Crippen LogP contribution in [0.4, 0.5) is 0 Å². The SMILES string of the molecule is CCCCCCCCCCC/C=C/CC/C=C/CC/C=C/C(O)C(COC1OC(CO)C(OC2OC(CO)C(O)C(O)C2O)C(O)C1O)NC(=O)CCCCC. The monoisotopic (exact) mass is 802 g/mol. The van der Waals surface area contributed by atoms with Gasteiger partial charge in [0.15, 0.2) is 12.6 Å². The highest BCUT2D eigenvalue weighted by Gasteiger charge is 2.50. The van der Waals surface area contributed by atoms with E-state index in [4.69, 9.17) is 18.9 Å². The Morgan fingerprint density at radius 2 is 1.14 bits per heavy atom. The van der Waals surface area contributed by atoms with Crippen molar-refractivity contribution in [2.75, 3.05) is 19.8 Å². The zero-order valence-electron chi connectivity index (χ0n) is 33.9. The predicted molar refractivity (Wildman–Crippen MR) is 212 cm³/mol. The first-order valence-electron chi connectivity index (χ1n) is 21.2. The smallest absolute Gasteiger partial charge is 0.220 e. The molecular weight excluding hydrogens is 726 g/mol. The van der Waals surface area contributed by atoms with Crippen molar-refractivity contribution in [1.82, 2.24) is 5.32 Å². The minimum atomic E-state index is -1.79. The van der Waals surface area contributed by atoms with Crippen LogP contribution in [0.2, 0.25) is 0 Å². The Kier molecular flexibility index (Phi) is 27.2. The summed E-state index contributed by atoms with van der Waals surface area (Å²) in [4.78, 5) is 12.7. The van der Waals surface area contributed by atoms with E-state index < -0.39 is 86.8 Å². The van der Waals surface area contributed by atoms with Crippen molar-refractivity contribution >= 4 is 5.91 Å². The first-order valence-corrected chi connectivity index (χ1v) is 21.2. The van der Waals surface area contributed by atoms with Gasteiger partial charge in [-0.2, -0.15) is 0 Å². The number of aliphatic hydroxyl groups is 8. The van der Waals surface area contributed by atoms with E-state index in [1.807, 2.05) is 13.0 Å². The molecule has 0 radical (unpaired) electrons. The molecule has 0 bridgehead atoms. The Bertz CT molecular complexity index is 1090. The highest BCUT2D eigenvalue weighted by atomic mass is 16.7. The van der Waals surface area contributed by atoms with Crippen LogP contribution >= 0.6 is 0 Å². The number of allylic oxidation sites excluding steroid dienone is 5. The Morgan fingerprint density at radius 3 is 1.75 bits per heavy atom. The van der Waals surface area contributed by atoms with E-state index in [-0.39, 0.29) is 18.9 Å². The van der Waals surface area contributed by atoms with Gasteiger partial charge in [0, 0.05) is 6.42 Å². The highest BCUT2D eigenvalue weighted by molar-refractivity contribution is 5.76. The van der Waals surface area contributed by atoms with Crippen LogP contribution in [0, 0.1) is 0 Å². The molecule has 0 aromatic rings. The van der Waals surface area contributed by atoms with Crippen LogP contribution in [-0.4, -0.2) is 140 Å². The zero-order chi connectivity index (χ0) is 41.1. The molecule has 2 saturated heterocycles. The Morgan fingerprint density at radius 1 is 0.625 bits per heavy atom. The summed E-state index contributed by atoms with van der Waals surface area (Å²) in [6.45, 7) is 2.53. The summed E-state index contributed by atoms with van der Waals surface area (Å²) in [7, 11) is 0. The third kappa shape index (κ3) is 18.9. The number of carbonyl (C=O) groups is 1. The number of hydrogen-bond donors (Lipinski definition) is 9. The van der Waals surface area contributed by atoms with Gasteiger partial charge in [0.25, 0.3) is 0 Å². The summed E-state index contributed by atoms with van der Waals surface area (Å²) >= 11 is 0. The standard InChI is InChI=1S/C42H75NO13/c1-3-5-7-8-9-10-11-12-13-14-15-16-17-18-19-20-21-22-24-25-31(46)30(43-34(47)26-23-6-4-2)29-53-41-39(52)37(50)40(33(28-45)55-41)56-42-38(51)36(49)35(48)32(27-44)54-42/h15-16,19-20,24-25,30-33,35-42,44-46,48-52H,3-14,17-18,21-23,26-29H2,1-2H3,(H,43,47)/b16-15+,20-19+,25-24+. The molecule has 56 heavy (non-hydrogen) atoms. The second kappa shape index (κ2) is 30.3. The molecule has 0 aromatic carbocycles. The molecule has 0 aromatic heterocycles. The van der Waals surface area contributed by atoms with Crippen molar-refractivity contribution in [2.45, 2.75) is 203 Å². The first kappa shape index (κ1) is 50.4. The van der Waals surface area contributed by atoms with Gasteiger partial charge in [-0.25, -0.2) is 0 Å². The van der Waals surface area contributed by atoms with Crippen molar-refractivity contribution in [1.29, 1.82) is 0 Å². The maximum absolute atomic E-state index is 12.7. The van der Waals surface area contributed by atoms with Gasteiger partial charge in [-0.05, 0) is 44.9 Å². The van der Waals surface area contributed by atoms with Crippen LogP contribution < -0.4 is 5.32 Å². The van der Waals surface area contributed by atoms with Gasteiger partial charge in [0.05, 0.1) is 32.0 Å². The van der Waals surface area contributed by atoms with E-state index in [2.05, 4.69) is 36.5 Å². The number of nitrogens with one attached hydrogen (secondary N) is 1. The second-order valence-electron chi connectivity index (χ2n) is 15.1. The first-order chi connectivity index (χ1) is 27.1. The molecule has 326 valence electrons. The molecule has 12 unspecified atom stereocenters. The van der Waals surface area contributed by atoms with Gasteiger partial charge >= 0.3 is 0 Å². The number of carbonyl (C=O) groups excluding carboxylic acids is 1. The summed E-state index contributed by atoms with van der Waals surface area (Å²) in [6.07, 6.45) is 14.5. The summed E-state index contributed by atoms with van der Waals surface area (Å²) in [5, 5.41) is 85.7. The molecule has 2 heterocycles. The normalized spacial score (nSPS) is 29.8. The quantitative estimate of drug-likeness (QED) is 0.0376. The van der Waals surface area contributed by atoms with Crippen LogP contribution in [0.15, 0.2) is 36.5 Å². The predicted octanol–water partition coefficient (Wildman–Crippen LogP) is 3.20. The second-order valence-corrected chi connectivity index (χ2v) is 15.1. The molecule has 0 saturated carbocycles. The van der Waals surface area contributed by atoms with Crippen LogP contribution in [0.1, 0.15) is 129 Å². The van der Waals surface area contributed by atoms with Gasteiger partial charge in [0.2, 0.25) is 5.91 Å². The van der Waals surface area contributed by atoms with Crippen molar-refractivity contribution in [2.24, 2.45) is 0 Å². The lowest BCUT2D eigenvalue weighted by Gasteiger charge is -2.46. The minimum absolute atomic E-state index is 0.255. The van der Waals surface area contributed by atoms with Gasteiger partial charge < -0.3 is 65.1 Å². The van der Waals surface area contributed by atoms with Gasteiger partial charge in [-0.1, -0.05) is 115 Å². The fourth-order valence-electron chi connectivity index (χ4n) is 6.73. The molecule has 2 fully saturated rings. The lowest BCUT2D eigenvalue weighted by molar-refractivity contribution is -0.359. The Balaban J connectivity index is 1.83. The number of rotatable bonds is 30. The molecule has 1 amide bonds. The van der Waals surface area contributed by atoms with Crippen LogP contribution in [-0.2, 0) is 23.7 Å². The van der Waals surface area contributed by atoms with E-state index in [0.717, 1.165) is 38.5 Å². The fourth-order valence-corrected chi connectivity index (χ4v) is 6.73. The Labute approximate surface area is 334 Å². The largest absolute Gasteiger partial charge is 0.394 e. The van der Waals surface area contributed by atoms with Crippen LogP contribution in [0.5, 0.6) is 0 Å². The minimum Gasteiger partial charge on any atom is -0.394 e. The molecule has 0 aliphatic carbocycles. The molecule has 12 atom stereocenters. The molecule has 14 nitrogen and oxygen atoms in total. The van der Waals surface area contributed by atoms with Crippen LogP contribution in [0.25, 0.3) is 0 Å². The third-order valence-electron chi connectivity index (χ3n) is 10.3. The average molecular weight is 802 g/mol. The molecule has 2 rings (SSSR count). The fraction of sp³-hybridized carbons (Fsp3) is 0.833. The molecular formula is C42H75NO13. The molecule has 2 aliphatic heterocycles. The number of hydrogen-bond acceptors (Lipinski definition) is 13. The lowest BCUT2D eigenvalue weighted by Crippen LogP contribution is -2.65. The van der Waals surface area contributed by atoms with Crippen molar-refractivity contribution < 1.29 is 64.6 Å². The average Bonchev–Trinajstić information content (AvgIpc) is 3.19. The van der Waals surface area contributed by atoms with E-state index in [1.165, 1.54) is 57.8 Å². The highest BCUT2D eigenvalue weighted by Crippen LogP contribution is 2.29. The van der Waals surface area contributed by atoms with E-state index in [1.54, 1.807) is 6.08 Å². The van der Waals surface area contributed by atoms with E-state index in [0.29, 0.717) is 12.8 Å². The van der Waals surface area contributed by atoms with Gasteiger partial charge in [-0.15, -0.1) is 0 Å². The van der Waals surface area contributed by atoms with Gasteiger partial charge in [0.1, 0.15) is 48.8 Å². The number of ether oxygens (including phenoxy) is 4. The number of unbranched alkanes of at least 4 members (excludes halogenated alkanes) is 13. The molecule has 0 spiro atoms. The molecule has 2 aliphatic rings. The summed E-state index contributed by atoms with van der Waals surface area (Å²) in [6, 6.07) is -0.929. The molecule has 14 heteroatoms. The topological polar surface area (TPSA) is 228 Å². The summed E-state index contributed by atoms with van der Waals surface area (Å²) in [5.41, 5.74) is 0. The van der Waals surface area contributed by atoms with Gasteiger partial charge in [-0.3, -0.25) is 4.79 Å². The van der Waals surface area contributed by atoms with Crippen LogP contribution in [0.3, 0.4) is 0 Å². The van der Waals surface area contributed by atoms with E-state index >= 15 is 0 Å².